The van der Waals surface area contributed by atoms with E-state index in [2.05, 4.69) is 10.6 Å². The predicted octanol–water partition coefficient (Wildman–Crippen LogP) is -0.554. The van der Waals surface area contributed by atoms with Crippen molar-refractivity contribution in [2.75, 3.05) is 26.2 Å². The summed E-state index contributed by atoms with van der Waals surface area (Å²) >= 11 is 0. The summed E-state index contributed by atoms with van der Waals surface area (Å²) in [4.78, 5) is 51.6. The topological polar surface area (TPSA) is 98.8 Å². The van der Waals surface area contributed by atoms with Crippen molar-refractivity contribution >= 4 is 23.8 Å². The number of amides is 5. The molecule has 0 aromatic heterocycles. The Labute approximate surface area is 139 Å². The molecule has 1 saturated carbocycles. The Morgan fingerprint density at radius 1 is 1.17 bits per heavy atom. The number of nitrogens with one attached hydrogen (secondary N) is 2. The van der Waals surface area contributed by atoms with Gasteiger partial charge in [0.25, 0.3) is 5.91 Å². The van der Waals surface area contributed by atoms with Crippen molar-refractivity contribution in [2.45, 2.75) is 37.6 Å². The minimum Gasteiger partial charge on any atom is -0.342 e. The third kappa shape index (κ3) is 2.63. The summed E-state index contributed by atoms with van der Waals surface area (Å²) in [7, 11) is 0. The molecule has 0 unspecified atom stereocenters. The van der Waals surface area contributed by atoms with Crippen molar-refractivity contribution in [1.82, 2.24) is 20.4 Å². The molecule has 4 aliphatic rings. The van der Waals surface area contributed by atoms with Crippen molar-refractivity contribution < 1.29 is 19.2 Å². The molecule has 8 heteroatoms. The number of imide groups is 1. The number of hydrogen-bond acceptors (Lipinski definition) is 4. The number of carbonyl (C=O) groups excluding carboxylic acids is 4. The highest BCUT2D eigenvalue weighted by Crippen LogP contribution is 2.33. The van der Waals surface area contributed by atoms with E-state index in [1.54, 1.807) is 4.90 Å². The molecule has 3 heterocycles. The molecule has 2 N–H and O–H groups in total. The molecule has 0 aromatic rings. The highest BCUT2D eigenvalue weighted by molar-refractivity contribution is 6.07. The number of urea groups is 1. The molecular weight excluding hydrogens is 312 g/mol. The van der Waals surface area contributed by atoms with Gasteiger partial charge in [-0.1, -0.05) is 0 Å². The summed E-state index contributed by atoms with van der Waals surface area (Å²) in [6.07, 6.45) is 3.50. The quantitative estimate of drug-likeness (QED) is 0.676. The van der Waals surface area contributed by atoms with Gasteiger partial charge in [-0.15, -0.1) is 0 Å². The second-order valence-electron chi connectivity index (χ2n) is 7.46. The first-order valence-electron chi connectivity index (χ1n) is 8.67. The van der Waals surface area contributed by atoms with Crippen LogP contribution in [-0.2, 0) is 14.4 Å². The lowest BCUT2D eigenvalue weighted by molar-refractivity contribution is -0.139. The first kappa shape index (κ1) is 15.4. The molecular formula is C16H22N4O4. The highest BCUT2D eigenvalue weighted by atomic mass is 16.2. The zero-order valence-electron chi connectivity index (χ0n) is 13.5. The van der Waals surface area contributed by atoms with Gasteiger partial charge in [-0.2, -0.15) is 0 Å². The van der Waals surface area contributed by atoms with Crippen molar-refractivity contribution in [3.63, 3.8) is 0 Å². The van der Waals surface area contributed by atoms with Crippen LogP contribution in [0.25, 0.3) is 0 Å². The number of nitrogens with zero attached hydrogens (tertiary/aromatic N) is 2. The van der Waals surface area contributed by atoms with Gasteiger partial charge >= 0.3 is 6.03 Å². The van der Waals surface area contributed by atoms with E-state index in [4.69, 9.17) is 0 Å². The SMILES string of the molecule is O=C1NC(=O)C2(CCN(C(=O)[C@@H]3CC(=O)N(CC4CC4)C3)CC2)N1. The third-order valence-corrected chi connectivity index (χ3v) is 5.68. The molecule has 5 amide bonds. The summed E-state index contributed by atoms with van der Waals surface area (Å²) < 4.78 is 0. The van der Waals surface area contributed by atoms with Crippen LogP contribution in [0.5, 0.6) is 0 Å². The lowest BCUT2D eigenvalue weighted by atomic mass is 9.87. The van der Waals surface area contributed by atoms with Crippen LogP contribution < -0.4 is 10.6 Å². The third-order valence-electron chi connectivity index (χ3n) is 5.68. The van der Waals surface area contributed by atoms with Crippen LogP contribution in [0.3, 0.4) is 0 Å². The molecule has 1 aliphatic carbocycles. The van der Waals surface area contributed by atoms with Crippen LogP contribution in [0.1, 0.15) is 32.1 Å². The van der Waals surface area contributed by atoms with Crippen LogP contribution in [0.15, 0.2) is 0 Å². The van der Waals surface area contributed by atoms with E-state index in [1.807, 2.05) is 4.90 Å². The molecule has 24 heavy (non-hydrogen) atoms. The van der Waals surface area contributed by atoms with E-state index < -0.39 is 11.6 Å². The van der Waals surface area contributed by atoms with E-state index in [1.165, 1.54) is 12.8 Å². The fourth-order valence-electron chi connectivity index (χ4n) is 3.97. The Bertz CT molecular complexity index is 607. The molecule has 1 atom stereocenters. The summed E-state index contributed by atoms with van der Waals surface area (Å²) in [6, 6.07) is -0.461. The standard InChI is InChI=1S/C16H22N4O4/c21-12-7-11(9-20(12)8-10-1-2-10)13(22)19-5-3-16(4-6-19)14(23)17-15(24)18-16/h10-11H,1-9H2,(H2,17,18,23,24)/t11-/m1/s1. The van der Waals surface area contributed by atoms with Crippen LogP contribution in [0.2, 0.25) is 0 Å². The van der Waals surface area contributed by atoms with E-state index in [0.717, 1.165) is 6.54 Å². The summed E-state index contributed by atoms with van der Waals surface area (Å²) in [5, 5.41) is 4.96. The maximum Gasteiger partial charge on any atom is 0.322 e. The number of piperidine rings is 1. The molecule has 4 rings (SSSR count). The van der Waals surface area contributed by atoms with E-state index in [-0.39, 0.29) is 23.6 Å². The fourth-order valence-corrected chi connectivity index (χ4v) is 3.97. The Balaban J connectivity index is 1.34. The van der Waals surface area contributed by atoms with Gasteiger partial charge in [0.05, 0.1) is 5.92 Å². The molecule has 0 aromatic carbocycles. The van der Waals surface area contributed by atoms with Gasteiger partial charge in [-0.3, -0.25) is 19.7 Å². The Morgan fingerprint density at radius 2 is 1.88 bits per heavy atom. The molecule has 130 valence electrons. The van der Waals surface area contributed by atoms with Crippen molar-refractivity contribution in [1.29, 1.82) is 0 Å². The average Bonchev–Trinajstić information content (AvgIpc) is 3.23. The Kier molecular flexibility index (Phi) is 3.51. The number of carbonyl (C=O) groups is 4. The van der Waals surface area contributed by atoms with Gasteiger partial charge in [0.2, 0.25) is 11.8 Å². The monoisotopic (exact) mass is 334 g/mol. The van der Waals surface area contributed by atoms with Gasteiger partial charge in [-0.25, -0.2) is 4.79 Å². The van der Waals surface area contributed by atoms with Crippen molar-refractivity contribution in [2.24, 2.45) is 11.8 Å². The van der Waals surface area contributed by atoms with Gasteiger partial charge in [0.15, 0.2) is 0 Å². The molecule has 8 nitrogen and oxygen atoms in total. The molecule has 4 fully saturated rings. The maximum atomic E-state index is 12.7. The summed E-state index contributed by atoms with van der Waals surface area (Å²) in [5.74, 6) is 0.142. The average molecular weight is 334 g/mol. The first-order valence-corrected chi connectivity index (χ1v) is 8.67. The molecule has 3 aliphatic heterocycles. The molecule has 1 spiro atoms. The predicted molar refractivity (Wildman–Crippen MR) is 82.6 cm³/mol. The number of rotatable bonds is 3. The lowest BCUT2D eigenvalue weighted by Gasteiger charge is -2.37. The van der Waals surface area contributed by atoms with E-state index in [9.17, 15) is 19.2 Å². The van der Waals surface area contributed by atoms with Crippen molar-refractivity contribution in [3.05, 3.63) is 0 Å². The van der Waals surface area contributed by atoms with Crippen LogP contribution in [0, 0.1) is 11.8 Å². The number of hydrogen-bond donors (Lipinski definition) is 2. The maximum absolute atomic E-state index is 12.7. The van der Waals surface area contributed by atoms with Crippen LogP contribution in [-0.4, -0.2) is 65.3 Å². The molecule has 0 bridgehead atoms. The van der Waals surface area contributed by atoms with E-state index >= 15 is 0 Å². The Morgan fingerprint density at radius 3 is 2.46 bits per heavy atom. The van der Waals surface area contributed by atoms with Gasteiger partial charge in [0.1, 0.15) is 5.54 Å². The Hall–Kier alpha value is -2.12. The van der Waals surface area contributed by atoms with Crippen LogP contribution >= 0.6 is 0 Å². The van der Waals surface area contributed by atoms with Gasteiger partial charge < -0.3 is 15.1 Å². The highest BCUT2D eigenvalue weighted by Gasteiger charge is 2.49. The largest absolute Gasteiger partial charge is 0.342 e. The second-order valence-corrected chi connectivity index (χ2v) is 7.46. The first-order chi connectivity index (χ1) is 11.5. The summed E-state index contributed by atoms with van der Waals surface area (Å²) in [5.41, 5.74) is -0.864. The lowest BCUT2D eigenvalue weighted by Crippen LogP contribution is -2.56. The van der Waals surface area contributed by atoms with Gasteiger partial charge in [0, 0.05) is 32.6 Å². The smallest absolute Gasteiger partial charge is 0.322 e. The fraction of sp³-hybridized carbons (Fsp3) is 0.750. The zero-order valence-corrected chi connectivity index (χ0v) is 13.5. The molecule has 0 radical (unpaired) electrons. The zero-order chi connectivity index (χ0) is 16.9. The minimum absolute atomic E-state index is 0.00114. The minimum atomic E-state index is -0.864. The second kappa shape index (κ2) is 5.46. The van der Waals surface area contributed by atoms with Crippen molar-refractivity contribution in [3.8, 4) is 0 Å². The molecule has 3 saturated heterocycles. The number of likely N-dealkylation sites (tertiary alicyclic amines) is 2. The summed E-state index contributed by atoms with van der Waals surface area (Å²) in [6.45, 7) is 2.17. The normalized spacial score (nSPS) is 29.2. The van der Waals surface area contributed by atoms with Gasteiger partial charge in [-0.05, 0) is 31.6 Å². The van der Waals surface area contributed by atoms with E-state index in [0.29, 0.717) is 44.8 Å². The van der Waals surface area contributed by atoms with Crippen LogP contribution in [0.4, 0.5) is 4.79 Å².